The predicted molar refractivity (Wildman–Crippen MR) is 62.8 cm³/mol. The lowest BCUT2D eigenvalue weighted by atomic mass is 10.1. The van der Waals surface area contributed by atoms with Crippen LogP contribution in [0, 0.1) is 5.92 Å². The standard InChI is InChI=1S/C12H13ClN2O/c13-10-1-2-11-6-14-12(15(11)7-10)5-9-3-4-16-8-9/h1-2,6-7,9H,3-5,8H2. The molecule has 1 unspecified atom stereocenters. The van der Waals surface area contributed by atoms with E-state index in [2.05, 4.69) is 9.38 Å². The van der Waals surface area contributed by atoms with Crippen molar-refractivity contribution in [3.8, 4) is 0 Å². The third-order valence-electron chi connectivity index (χ3n) is 3.06. The molecule has 2 aromatic rings. The van der Waals surface area contributed by atoms with Crippen LogP contribution in [0.15, 0.2) is 24.5 Å². The summed E-state index contributed by atoms with van der Waals surface area (Å²) in [6, 6.07) is 3.88. The molecule has 3 nitrogen and oxygen atoms in total. The van der Waals surface area contributed by atoms with Gasteiger partial charge in [-0.3, -0.25) is 0 Å². The minimum absolute atomic E-state index is 0.601. The predicted octanol–water partition coefficient (Wildman–Crippen LogP) is 2.57. The van der Waals surface area contributed by atoms with E-state index in [-0.39, 0.29) is 0 Å². The van der Waals surface area contributed by atoms with Crippen LogP contribution in [0.2, 0.25) is 5.02 Å². The maximum absolute atomic E-state index is 5.99. The van der Waals surface area contributed by atoms with Crippen LogP contribution in [0.5, 0.6) is 0 Å². The van der Waals surface area contributed by atoms with Crippen LogP contribution in [0.3, 0.4) is 0 Å². The summed E-state index contributed by atoms with van der Waals surface area (Å²) >= 11 is 5.99. The highest BCUT2D eigenvalue weighted by molar-refractivity contribution is 6.30. The summed E-state index contributed by atoms with van der Waals surface area (Å²) in [5.41, 5.74) is 1.10. The van der Waals surface area contributed by atoms with Crippen LogP contribution in [0.4, 0.5) is 0 Å². The van der Waals surface area contributed by atoms with Gasteiger partial charge in [0.25, 0.3) is 0 Å². The zero-order valence-corrected chi connectivity index (χ0v) is 9.65. The van der Waals surface area contributed by atoms with Gasteiger partial charge in [0, 0.05) is 25.8 Å². The summed E-state index contributed by atoms with van der Waals surface area (Å²) in [6.45, 7) is 1.74. The third-order valence-corrected chi connectivity index (χ3v) is 3.29. The molecule has 1 aliphatic rings. The zero-order chi connectivity index (χ0) is 11.0. The molecule has 2 aromatic heterocycles. The smallest absolute Gasteiger partial charge is 0.113 e. The average molecular weight is 237 g/mol. The van der Waals surface area contributed by atoms with Crippen LogP contribution in [-0.2, 0) is 11.2 Å². The Hall–Kier alpha value is -1.06. The molecule has 0 spiro atoms. The van der Waals surface area contributed by atoms with Gasteiger partial charge in [-0.1, -0.05) is 11.6 Å². The van der Waals surface area contributed by atoms with Crippen molar-refractivity contribution in [3.05, 3.63) is 35.4 Å². The Balaban J connectivity index is 1.93. The van der Waals surface area contributed by atoms with Gasteiger partial charge < -0.3 is 9.14 Å². The lowest BCUT2D eigenvalue weighted by Crippen LogP contribution is -2.07. The second-order valence-electron chi connectivity index (χ2n) is 4.25. The number of hydrogen-bond donors (Lipinski definition) is 0. The molecule has 0 bridgehead atoms. The van der Waals surface area contributed by atoms with Gasteiger partial charge >= 0.3 is 0 Å². The molecule has 0 N–H and O–H groups in total. The van der Waals surface area contributed by atoms with Crippen LogP contribution in [-0.4, -0.2) is 22.6 Å². The Bertz CT molecular complexity index is 503. The SMILES string of the molecule is Clc1ccc2cnc(CC3CCOC3)n2c1. The number of rotatable bonds is 2. The normalized spacial score (nSPS) is 20.7. The van der Waals surface area contributed by atoms with E-state index in [0.717, 1.165) is 42.4 Å². The first-order valence-electron chi connectivity index (χ1n) is 5.52. The van der Waals surface area contributed by atoms with Gasteiger partial charge in [0.1, 0.15) is 5.82 Å². The number of aromatic nitrogens is 2. The molecule has 3 heterocycles. The Morgan fingerprint density at radius 3 is 3.25 bits per heavy atom. The number of nitrogens with zero attached hydrogens (tertiary/aromatic N) is 2. The second-order valence-corrected chi connectivity index (χ2v) is 4.69. The number of pyridine rings is 1. The fraction of sp³-hybridized carbons (Fsp3) is 0.417. The minimum Gasteiger partial charge on any atom is -0.381 e. The second kappa shape index (κ2) is 4.07. The van der Waals surface area contributed by atoms with Crippen LogP contribution >= 0.6 is 11.6 Å². The van der Waals surface area contributed by atoms with Crippen LogP contribution < -0.4 is 0 Å². The highest BCUT2D eigenvalue weighted by Crippen LogP contribution is 2.19. The summed E-state index contributed by atoms with van der Waals surface area (Å²) in [4.78, 5) is 4.45. The lowest BCUT2D eigenvalue weighted by Gasteiger charge is -2.06. The highest BCUT2D eigenvalue weighted by Gasteiger charge is 2.18. The van der Waals surface area contributed by atoms with Crippen molar-refractivity contribution in [1.29, 1.82) is 0 Å². The molecule has 84 valence electrons. The highest BCUT2D eigenvalue weighted by atomic mass is 35.5. The molecule has 0 amide bonds. The Kier molecular flexibility index (Phi) is 2.58. The number of halogens is 1. The fourth-order valence-corrected chi connectivity index (χ4v) is 2.33. The first-order chi connectivity index (χ1) is 7.83. The monoisotopic (exact) mass is 236 g/mol. The third kappa shape index (κ3) is 1.81. The van der Waals surface area contributed by atoms with E-state index in [1.807, 2.05) is 24.5 Å². The van der Waals surface area contributed by atoms with Gasteiger partial charge in [-0.15, -0.1) is 0 Å². The molecule has 1 fully saturated rings. The van der Waals surface area contributed by atoms with Gasteiger partial charge in [-0.05, 0) is 24.5 Å². The van der Waals surface area contributed by atoms with Gasteiger partial charge in [-0.2, -0.15) is 0 Å². The molecule has 1 aliphatic heterocycles. The molecule has 16 heavy (non-hydrogen) atoms. The quantitative estimate of drug-likeness (QED) is 0.801. The summed E-state index contributed by atoms with van der Waals surface area (Å²) < 4.78 is 7.45. The lowest BCUT2D eigenvalue weighted by molar-refractivity contribution is 0.185. The maximum atomic E-state index is 5.99. The van der Waals surface area contributed by atoms with Gasteiger partial charge in [-0.25, -0.2) is 4.98 Å². The van der Waals surface area contributed by atoms with Crippen molar-refractivity contribution in [3.63, 3.8) is 0 Å². The number of imidazole rings is 1. The van der Waals surface area contributed by atoms with Crippen molar-refractivity contribution < 1.29 is 4.74 Å². The molecule has 1 atom stereocenters. The van der Waals surface area contributed by atoms with E-state index >= 15 is 0 Å². The minimum atomic E-state index is 0.601. The molecule has 0 saturated carbocycles. The number of hydrogen-bond acceptors (Lipinski definition) is 2. The molecule has 0 aliphatic carbocycles. The van der Waals surface area contributed by atoms with Crippen LogP contribution in [0.25, 0.3) is 5.52 Å². The number of fused-ring (bicyclic) bond motifs is 1. The maximum Gasteiger partial charge on any atom is 0.113 e. The van der Waals surface area contributed by atoms with Crippen molar-refractivity contribution >= 4 is 17.1 Å². The van der Waals surface area contributed by atoms with E-state index in [4.69, 9.17) is 16.3 Å². The van der Waals surface area contributed by atoms with Crippen LogP contribution in [0.1, 0.15) is 12.2 Å². The Labute approximate surface area is 99.0 Å². The molecular weight excluding hydrogens is 224 g/mol. The van der Waals surface area contributed by atoms with Gasteiger partial charge in [0.15, 0.2) is 0 Å². The fourth-order valence-electron chi connectivity index (χ4n) is 2.17. The molecular formula is C12H13ClN2O. The Morgan fingerprint density at radius 1 is 1.50 bits per heavy atom. The van der Waals surface area contributed by atoms with E-state index in [1.165, 1.54) is 0 Å². The molecule has 0 radical (unpaired) electrons. The van der Waals surface area contributed by atoms with Crippen molar-refractivity contribution in [2.24, 2.45) is 5.92 Å². The zero-order valence-electron chi connectivity index (χ0n) is 8.90. The summed E-state index contributed by atoms with van der Waals surface area (Å²) in [6.07, 6.45) is 5.92. The molecule has 1 saturated heterocycles. The first-order valence-corrected chi connectivity index (χ1v) is 5.90. The van der Waals surface area contributed by atoms with Gasteiger partial charge in [0.05, 0.1) is 16.7 Å². The van der Waals surface area contributed by atoms with E-state index in [1.54, 1.807) is 0 Å². The first kappa shape index (κ1) is 10.1. The average Bonchev–Trinajstić information content (AvgIpc) is 2.90. The van der Waals surface area contributed by atoms with Gasteiger partial charge in [0.2, 0.25) is 0 Å². The van der Waals surface area contributed by atoms with E-state index in [9.17, 15) is 0 Å². The number of ether oxygens (including phenoxy) is 1. The van der Waals surface area contributed by atoms with E-state index < -0.39 is 0 Å². The van der Waals surface area contributed by atoms with Crippen molar-refractivity contribution in [2.45, 2.75) is 12.8 Å². The van der Waals surface area contributed by atoms with Crippen molar-refractivity contribution in [2.75, 3.05) is 13.2 Å². The molecule has 0 aromatic carbocycles. The van der Waals surface area contributed by atoms with Crippen molar-refractivity contribution in [1.82, 2.24) is 9.38 Å². The summed E-state index contributed by atoms with van der Waals surface area (Å²) in [7, 11) is 0. The topological polar surface area (TPSA) is 26.5 Å². The van der Waals surface area contributed by atoms with E-state index in [0.29, 0.717) is 5.92 Å². The summed E-state index contributed by atoms with van der Waals surface area (Å²) in [5, 5.41) is 0.745. The summed E-state index contributed by atoms with van der Waals surface area (Å²) in [5.74, 6) is 1.68. The largest absolute Gasteiger partial charge is 0.381 e. The Morgan fingerprint density at radius 2 is 2.44 bits per heavy atom. The molecule has 3 rings (SSSR count). The molecule has 4 heteroatoms.